The van der Waals surface area contributed by atoms with Crippen molar-refractivity contribution in [1.29, 1.82) is 0 Å². The highest BCUT2D eigenvalue weighted by atomic mass is 31.2. The molecule has 1 heterocycles. The molecule has 0 aliphatic carbocycles. The fourth-order valence-corrected chi connectivity index (χ4v) is 4.35. The van der Waals surface area contributed by atoms with E-state index < -0.39 is 8.45 Å². The maximum atomic E-state index is 6.05. The van der Waals surface area contributed by atoms with Crippen LogP contribution in [0.4, 0.5) is 11.4 Å². The van der Waals surface area contributed by atoms with Crippen molar-refractivity contribution in [3.05, 3.63) is 60.7 Å². The summed E-state index contributed by atoms with van der Waals surface area (Å²) in [5, 5.41) is 0. The van der Waals surface area contributed by atoms with Crippen molar-refractivity contribution in [3.63, 3.8) is 0 Å². The van der Waals surface area contributed by atoms with Crippen molar-refractivity contribution in [2.24, 2.45) is 0 Å². The summed E-state index contributed by atoms with van der Waals surface area (Å²) in [6.07, 6.45) is 0. The largest absolute Gasteiger partial charge is 0.323 e. The molecule has 0 amide bonds. The Balaban J connectivity index is 1.87. The fraction of sp³-hybridized carbons (Fsp3) is 0.250. The van der Waals surface area contributed by atoms with Gasteiger partial charge >= 0.3 is 0 Å². The molecule has 4 heteroatoms. The second-order valence-corrected chi connectivity index (χ2v) is 6.32. The molecule has 3 nitrogen and oxygen atoms in total. The van der Waals surface area contributed by atoms with Crippen molar-refractivity contribution in [2.45, 2.75) is 6.92 Å². The van der Waals surface area contributed by atoms with E-state index in [9.17, 15) is 0 Å². The Bertz CT molecular complexity index is 487. The van der Waals surface area contributed by atoms with Gasteiger partial charge in [0.05, 0.1) is 6.61 Å². The Kier molecular flexibility index (Phi) is 4.19. The normalized spacial score (nSPS) is 15.8. The Labute approximate surface area is 121 Å². The minimum absolute atomic E-state index is 0.734. The summed E-state index contributed by atoms with van der Waals surface area (Å²) < 4.78 is 10.8. The highest BCUT2D eigenvalue weighted by molar-refractivity contribution is 7.56. The van der Waals surface area contributed by atoms with E-state index in [2.05, 4.69) is 76.9 Å². The Morgan fingerprint density at radius 2 is 1.30 bits per heavy atom. The molecule has 0 atom stereocenters. The molecule has 20 heavy (non-hydrogen) atoms. The van der Waals surface area contributed by atoms with Gasteiger partial charge in [-0.25, -0.2) is 0 Å². The lowest BCUT2D eigenvalue weighted by atomic mass is 10.3. The number of rotatable bonds is 4. The van der Waals surface area contributed by atoms with E-state index in [1.807, 2.05) is 0 Å². The molecule has 0 spiro atoms. The zero-order chi connectivity index (χ0) is 13.8. The smallest absolute Gasteiger partial charge is 0.248 e. The molecule has 3 rings (SSSR count). The van der Waals surface area contributed by atoms with Crippen LogP contribution in [-0.2, 0) is 4.52 Å². The first-order chi connectivity index (χ1) is 9.90. The average Bonchev–Trinajstić information content (AvgIpc) is 2.93. The Morgan fingerprint density at radius 1 is 0.850 bits per heavy atom. The first-order valence-electron chi connectivity index (χ1n) is 6.98. The molecule has 2 aromatic carbocycles. The van der Waals surface area contributed by atoms with Gasteiger partial charge in [0.15, 0.2) is 0 Å². The summed E-state index contributed by atoms with van der Waals surface area (Å²) in [7, 11) is -0.758. The Morgan fingerprint density at radius 3 is 1.70 bits per heavy atom. The summed E-state index contributed by atoms with van der Waals surface area (Å²) in [4.78, 5) is 0. The zero-order valence-corrected chi connectivity index (χ0v) is 12.5. The second kappa shape index (κ2) is 6.25. The van der Waals surface area contributed by atoms with Crippen LogP contribution in [0.2, 0.25) is 0 Å². The van der Waals surface area contributed by atoms with Gasteiger partial charge in [0, 0.05) is 24.5 Å². The van der Waals surface area contributed by atoms with E-state index in [1.54, 1.807) is 0 Å². The van der Waals surface area contributed by atoms with Crippen LogP contribution in [0, 0.1) is 0 Å². The minimum atomic E-state index is -0.758. The number of hydrogen-bond donors (Lipinski definition) is 0. The average molecular weight is 286 g/mol. The molecule has 2 aromatic rings. The van der Waals surface area contributed by atoms with E-state index in [1.165, 1.54) is 11.4 Å². The van der Waals surface area contributed by atoms with Gasteiger partial charge in [-0.3, -0.25) is 0 Å². The molecule has 0 radical (unpaired) electrons. The standard InChI is InChI=1S/C16H19N2OP/c1-2-19-20-17(15-9-5-3-6-10-15)13-14-18(20)16-11-7-4-8-12-16/h3-12H,2,13-14H2,1H3. The van der Waals surface area contributed by atoms with Crippen molar-refractivity contribution in [3.8, 4) is 0 Å². The van der Waals surface area contributed by atoms with Crippen LogP contribution < -0.4 is 9.34 Å². The van der Waals surface area contributed by atoms with Crippen LogP contribution in [0.5, 0.6) is 0 Å². The third-order valence-corrected chi connectivity index (χ3v) is 5.47. The van der Waals surface area contributed by atoms with Crippen LogP contribution in [0.1, 0.15) is 6.92 Å². The maximum absolute atomic E-state index is 6.05. The molecule has 1 aliphatic heterocycles. The minimum Gasteiger partial charge on any atom is -0.323 e. The van der Waals surface area contributed by atoms with Crippen LogP contribution in [0.25, 0.3) is 0 Å². The van der Waals surface area contributed by atoms with Crippen LogP contribution in [0.15, 0.2) is 60.7 Å². The molecule has 0 aromatic heterocycles. The van der Waals surface area contributed by atoms with E-state index in [-0.39, 0.29) is 0 Å². The lowest BCUT2D eigenvalue weighted by Gasteiger charge is -2.30. The van der Waals surface area contributed by atoms with E-state index in [4.69, 9.17) is 4.52 Å². The van der Waals surface area contributed by atoms with Gasteiger partial charge in [-0.2, -0.15) is 0 Å². The van der Waals surface area contributed by atoms with Crippen LogP contribution in [-0.4, -0.2) is 19.7 Å². The zero-order valence-electron chi connectivity index (χ0n) is 11.6. The Hall–Kier alpha value is -1.57. The van der Waals surface area contributed by atoms with Crippen molar-refractivity contribution < 1.29 is 4.52 Å². The van der Waals surface area contributed by atoms with Gasteiger partial charge in [-0.1, -0.05) is 36.4 Å². The third-order valence-electron chi connectivity index (χ3n) is 3.29. The van der Waals surface area contributed by atoms with Gasteiger partial charge in [-0.15, -0.1) is 0 Å². The molecule has 0 unspecified atom stereocenters. The van der Waals surface area contributed by atoms with E-state index >= 15 is 0 Å². The summed E-state index contributed by atoms with van der Waals surface area (Å²) in [5.74, 6) is 0. The first-order valence-corrected chi connectivity index (χ1v) is 8.14. The van der Waals surface area contributed by atoms with Crippen LogP contribution >= 0.6 is 8.45 Å². The molecular formula is C16H19N2OP. The quantitative estimate of drug-likeness (QED) is 0.780. The van der Waals surface area contributed by atoms with Crippen molar-refractivity contribution >= 4 is 19.8 Å². The number of para-hydroxylation sites is 2. The molecular weight excluding hydrogens is 267 g/mol. The summed E-state index contributed by atoms with van der Waals surface area (Å²) >= 11 is 0. The van der Waals surface area contributed by atoms with Gasteiger partial charge in [0.25, 0.3) is 0 Å². The predicted molar refractivity (Wildman–Crippen MR) is 86.1 cm³/mol. The third kappa shape index (κ3) is 2.65. The van der Waals surface area contributed by atoms with Gasteiger partial charge < -0.3 is 13.9 Å². The molecule has 0 bridgehead atoms. The summed E-state index contributed by atoms with van der Waals surface area (Å²) in [6.45, 7) is 4.81. The van der Waals surface area contributed by atoms with Gasteiger partial charge in [0.2, 0.25) is 8.45 Å². The lowest BCUT2D eigenvalue weighted by Crippen LogP contribution is -2.16. The van der Waals surface area contributed by atoms with Gasteiger partial charge in [-0.05, 0) is 31.2 Å². The molecule has 0 saturated carbocycles. The first kappa shape index (κ1) is 13.4. The molecule has 0 N–H and O–H groups in total. The number of hydrogen-bond acceptors (Lipinski definition) is 3. The highest BCUT2D eigenvalue weighted by Gasteiger charge is 2.34. The maximum Gasteiger partial charge on any atom is 0.248 e. The molecule has 1 aliphatic rings. The number of nitrogens with zero attached hydrogens (tertiary/aromatic N) is 2. The molecule has 1 fully saturated rings. The fourth-order valence-electron chi connectivity index (χ4n) is 2.40. The lowest BCUT2D eigenvalue weighted by molar-refractivity contribution is 0.377. The topological polar surface area (TPSA) is 15.7 Å². The SMILES string of the molecule is CCOP1N(c2ccccc2)CCN1c1ccccc1. The predicted octanol–water partition coefficient (Wildman–Crippen LogP) is 4.28. The summed E-state index contributed by atoms with van der Waals surface area (Å²) in [5.41, 5.74) is 2.48. The second-order valence-electron chi connectivity index (χ2n) is 4.59. The van der Waals surface area contributed by atoms with Gasteiger partial charge in [0.1, 0.15) is 0 Å². The highest BCUT2D eigenvalue weighted by Crippen LogP contribution is 2.53. The number of anilines is 2. The molecule has 104 valence electrons. The monoisotopic (exact) mass is 286 g/mol. The summed E-state index contributed by atoms with van der Waals surface area (Å²) in [6, 6.07) is 21.1. The van der Waals surface area contributed by atoms with E-state index in [0.717, 1.165) is 19.7 Å². The van der Waals surface area contributed by atoms with Crippen molar-refractivity contribution in [1.82, 2.24) is 0 Å². The van der Waals surface area contributed by atoms with E-state index in [0.29, 0.717) is 0 Å². The molecule has 1 saturated heterocycles. The number of benzene rings is 2. The van der Waals surface area contributed by atoms with Crippen LogP contribution in [0.3, 0.4) is 0 Å². The van der Waals surface area contributed by atoms with Crippen molar-refractivity contribution in [2.75, 3.05) is 29.0 Å².